The zero-order valence-corrected chi connectivity index (χ0v) is 12.3. The number of nitro groups is 1. The largest absolute Gasteiger partial charge is 0.336 e. The number of rotatable bonds is 5. The highest BCUT2D eigenvalue weighted by Crippen LogP contribution is 2.14. The molecule has 0 aliphatic heterocycles. The van der Waals surface area contributed by atoms with Crippen molar-refractivity contribution in [2.45, 2.75) is 46.3 Å². The quantitative estimate of drug-likeness (QED) is 0.665. The number of carbonyl (C=O) groups excluding carboxylic acids is 1. The van der Waals surface area contributed by atoms with Crippen molar-refractivity contribution < 1.29 is 9.72 Å². The minimum atomic E-state index is -0.435. The molecular formula is C14H21N3O3. The molecule has 1 aromatic rings. The third-order valence-electron chi connectivity index (χ3n) is 2.80. The number of nitro benzene ring substituents is 1. The summed E-state index contributed by atoms with van der Waals surface area (Å²) in [6.45, 7) is 8.11. The topological polar surface area (TPSA) is 75.5 Å². The molecule has 0 unspecified atom stereocenters. The molecule has 0 aromatic heterocycles. The van der Waals surface area contributed by atoms with Gasteiger partial charge < -0.3 is 10.2 Å². The van der Waals surface area contributed by atoms with Gasteiger partial charge in [0.25, 0.3) is 5.69 Å². The standard InChI is InChI=1S/C14H21N3O3/c1-10(2)15-14(18)16(11(3)4)9-12-5-7-13(8-6-12)17(19)20/h5-8,10-11H,9H2,1-4H3,(H,15,18). The summed E-state index contributed by atoms with van der Waals surface area (Å²) in [4.78, 5) is 23.9. The van der Waals surface area contributed by atoms with Crippen molar-refractivity contribution >= 4 is 11.7 Å². The summed E-state index contributed by atoms with van der Waals surface area (Å²) in [6.07, 6.45) is 0. The van der Waals surface area contributed by atoms with Gasteiger partial charge in [-0.25, -0.2) is 4.79 Å². The molecule has 20 heavy (non-hydrogen) atoms. The van der Waals surface area contributed by atoms with E-state index in [0.29, 0.717) is 6.54 Å². The molecule has 0 radical (unpaired) electrons. The minimum Gasteiger partial charge on any atom is -0.336 e. The molecule has 6 heteroatoms. The van der Waals surface area contributed by atoms with Gasteiger partial charge in [-0.05, 0) is 33.3 Å². The van der Waals surface area contributed by atoms with E-state index in [2.05, 4.69) is 5.32 Å². The molecule has 1 N–H and O–H groups in total. The van der Waals surface area contributed by atoms with Gasteiger partial charge in [0.1, 0.15) is 0 Å². The first kappa shape index (κ1) is 15.9. The second kappa shape index (κ2) is 6.88. The number of nitrogens with one attached hydrogen (secondary N) is 1. The van der Waals surface area contributed by atoms with Crippen LogP contribution in [0.5, 0.6) is 0 Å². The molecule has 0 heterocycles. The van der Waals surface area contributed by atoms with Crippen LogP contribution in [0.1, 0.15) is 33.3 Å². The molecule has 110 valence electrons. The lowest BCUT2D eigenvalue weighted by Crippen LogP contribution is -2.45. The van der Waals surface area contributed by atoms with Gasteiger partial charge >= 0.3 is 6.03 Å². The monoisotopic (exact) mass is 279 g/mol. The van der Waals surface area contributed by atoms with E-state index < -0.39 is 4.92 Å². The maximum absolute atomic E-state index is 12.1. The first-order valence-electron chi connectivity index (χ1n) is 6.61. The SMILES string of the molecule is CC(C)NC(=O)N(Cc1ccc([N+](=O)[O-])cc1)C(C)C. The van der Waals surface area contributed by atoms with Crippen LogP contribution in [-0.2, 0) is 6.54 Å². The van der Waals surface area contributed by atoms with E-state index in [0.717, 1.165) is 5.56 Å². The molecular weight excluding hydrogens is 258 g/mol. The summed E-state index contributed by atoms with van der Waals surface area (Å²) < 4.78 is 0. The molecule has 2 amide bonds. The Balaban J connectivity index is 2.80. The number of hydrogen-bond acceptors (Lipinski definition) is 3. The van der Waals surface area contributed by atoms with Crippen LogP contribution >= 0.6 is 0 Å². The second-order valence-electron chi connectivity index (χ2n) is 5.25. The molecule has 0 fully saturated rings. The lowest BCUT2D eigenvalue weighted by Gasteiger charge is -2.28. The fourth-order valence-corrected chi connectivity index (χ4v) is 1.74. The summed E-state index contributed by atoms with van der Waals surface area (Å²) in [5, 5.41) is 13.5. The average Bonchev–Trinajstić information content (AvgIpc) is 2.35. The van der Waals surface area contributed by atoms with Crippen LogP contribution in [0.25, 0.3) is 0 Å². The molecule has 0 atom stereocenters. The first-order chi connectivity index (χ1) is 9.31. The number of hydrogen-bond donors (Lipinski definition) is 1. The highest BCUT2D eigenvalue weighted by Gasteiger charge is 2.18. The Kier molecular flexibility index (Phi) is 5.49. The average molecular weight is 279 g/mol. The van der Waals surface area contributed by atoms with Crippen molar-refractivity contribution in [2.75, 3.05) is 0 Å². The third kappa shape index (κ3) is 4.53. The van der Waals surface area contributed by atoms with E-state index in [1.54, 1.807) is 17.0 Å². The Morgan fingerprint density at radius 2 is 1.80 bits per heavy atom. The number of benzene rings is 1. The van der Waals surface area contributed by atoms with Crippen molar-refractivity contribution in [3.63, 3.8) is 0 Å². The van der Waals surface area contributed by atoms with Crippen molar-refractivity contribution in [3.05, 3.63) is 39.9 Å². The molecule has 0 saturated heterocycles. The second-order valence-corrected chi connectivity index (χ2v) is 5.25. The van der Waals surface area contributed by atoms with Gasteiger partial charge in [0, 0.05) is 30.8 Å². The van der Waals surface area contributed by atoms with E-state index in [-0.39, 0.29) is 23.8 Å². The van der Waals surface area contributed by atoms with E-state index in [4.69, 9.17) is 0 Å². The van der Waals surface area contributed by atoms with Crippen LogP contribution in [0, 0.1) is 10.1 Å². The third-order valence-corrected chi connectivity index (χ3v) is 2.80. The highest BCUT2D eigenvalue weighted by atomic mass is 16.6. The Bertz CT molecular complexity index is 469. The fraction of sp³-hybridized carbons (Fsp3) is 0.500. The van der Waals surface area contributed by atoms with E-state index >= 15 is 0 Å². The number of amides is 2. The Morgan fingerprint density at radius 3 is 2.20 bits per heavy atom. The number of non-ortho nitro benzene ring substituents is 1. The fourth-order valence-electron chi connectivity index (χ4n) is 1.74. The zero-order chi connectivity index (χ0) is 15.3. The van der Waals surface area contributed by atoms with E-state index in [1.807, 2.05) is 27.7 Å². The molecule has 1 rings (SSSR count). The lowest BCUT2D eigenvalue weighted by atomic mass is 10.2. The van der Waals surface area contributed by atoms with Crippen molar-refractivity contribution in [2.24, 2.45) is 0 Å². The summed E-state index contributed by atoms with van der Waals surface area (Å²) in [7, 11) is 0. The summed E-state index contributed by atoms with van der Waals surface area (Å²) >= 11 is 0. The number of carbonyl (C=O) groups is 1. The predicted octanol–water partition coefficient (Wildman–Crippen LogP) is 2.92. The van der Waals surface area contributed by atoms with Gasteiger partial charge in [-0.3, -0.25) is 10.1 Å². The van der Waals surface area contributed by atoms with Crippen LogP contribution in [0.15, 0.2) is 24.3 Å². The van der Waals surface area contributed by atoms with Gasteiger partial charge in [0.2, 0.25) is 0 Å². The van der Waals surface area contributed by atoms with Crippen LogP contribution in [0.2, 0.25) is 0 Å². The Morgan fingerprint density at radius 1 is 1.25 bits per heavy atom. The summed E-state index contributed by atoms with van der Waals surface area (Å²) in [6, 6.07) is 6.24. The lowest BCUT2D eigenvalue weighted by molar-refractivity contribution is -0.384. The van der Waals surface area contributed by atoms with Gasteiger partial charge in [-0.2, -0.15) is 0 Å². The molecule has 0 aliphatic carbocycles. The van der Waals surface area contributed by atoms with Crippen LogP contribution in [0.4, 0.5) is 10.5 Å². The molecule has 1 aromatic carbocycles. The van der Waals surface area contributed by atoms with E-state index in [9.17, 15) is 14.9 Å². The Labute approximate surface area is 118 Å². The van der Waals surface area contributed by atoms with Gasteiger partial charge in [-0.1, -0.05) is 12.1 Å². The number of urea groups is 1. The maximum Gasteiger partial charge on any atom is 0.318 e. The van der Waals surface area contributed by atoms with Crippen molar-refractivity contribution in [3.8, 4) is 0 Å². The van der Waals surface area contributed by atoms with Gasteiger partial charge in [-0.15, -0.1) is 0 Å². The maximum atomic E-state index is 12.1. The normalized spacial score (nSPS) is 10.7. The van der Waals surface area contributed by atoms with Crippen molar-refractivity contribution in [1.82, 2.24) is 10.2 Å². The predicted molar refractivity (Wildman–Crippen MR) is 77.4 cm³/mol. The first-order valence-corrected chi connectivity index (χ1v) is 6.61. The summed E-state index contributed by atoms with van der Waals surface area (Å²) in [5.74, 6) is 0. The summed E-state index contributed by atoms with van der Waals surface area (Å²) in [5.41, 5.74) is 0.916. The smallest absolute Gasteiger partial charge is 0.318 e. The highest BCUT2D eigenvalue weighted by molar-refractivity contribution is 5.74. The van der Waals surface area contributed by atoms with Gasteiger partial charge in [0.05, 0.1) is 4.92 Å². The van der Waals surface area contributed by atoms with Crippen molar-refractivity contribution in [1.29, 1.82) is 0 Å². The van der Waals surface area contributed by atoms with Crippen LogP contribution < -0.4 is 5.32 Å². The van der Waals surface area contributed by atoms with Crippen LogP contribution in [0.3, 0.4) is 0 Å². The van der Waals surface area contributed by atoms with Crippen LogP contribution in [-0.4, -0.2) is 27.9 Å². The Hall–Kier alpha value is -2.11. The zero-order valence-electron chi connectivity index (χ0n) is 12.3. The van der Waals surface area contributed by atoms with Gasteiger partial charge in [0.15, 0.2) is 0 Å². The molecule has 0 spiro atoms. The molecule has 6 nitrogen and oxygen atoms in total. The molecule has 0 saturated carbocycles. The molecule has 0 aliphatic rings. The molecule has 0 bridgehead atoms. The van der Waals surface area contributed by atoms with E-state index in [1.165, 1.54) is 12.1 Å². The minimum absolute atomic E-state index is 0.0453. The number of nitrogens with zero attached hydrogens (tertiary/aromatic N) is 2.